The van der Waals surface area contributed by atoms with E-state index < -0.39 is 5.91 Å². The van der Waals surface area contributed by atoms with E-state index in [1.54, 1.807) is 24.5 Å². The fraction of sp³-hybridized carbons (Fsp3) is 0.0833. The van der Waals surface area contributed by atoms with Gasteiger partial charge in [-0.25, -0.2) is 9.97 Å². The Morgan fingerprint density at radius 2 is 1.95 bits per heavy atom. The summed E-state index contributed by atoms with van der Waals surface area (Å²) in [4.78, 5) is 19.0. The predicted octanol–water partition coefficient (Wildman–Crippen LogP) is 2.14. The lowest BCUT2D eigenvalue weighted by Crippen LogP contribution is -2.10. The van der Waals surface area contributed by atoms with E-state index in [1.807, 2.05) is 0 Å². The van der Waals surface area contributed by atoms with Crippen molar-refractivity contribution >= 4 is 21.8 Å². The molecule has 2 aromatic rings. The number of nitrogens with two attached hydrogens (primary N) is 1. The molecule has 0 aliphatic carbocycles. The van der Waals surface area contributed by atoms with E-state index >= 15 is 0 Å². The van der Waals surface area contributed by atoms with E-state index in [4.69, 9.17) is 15.2 Å². The maximum absolute atomic E-state index is 11.1. The summed E-state index contributed by atoms with van der Waals surface area (Å²) in [5, 5.41) is 0. The molecular weight excluding hydrogens is 314 g/mol. The van der Waals surface area contributed by atoms with E-state index in [2.05, 4.69) is 25.9 Å². The van der Waals surface area contributed by atoms with Gasteiger partial charge in [0.15, 0.2) is 11.5 Å². The van der Waals surface area contributed by atoms with Gasteiger partial charge >= 0.3 is 6.01 Å². The van der Waals surface area contributed by atoms with Crippen LogP contribution >= 0.6 is 15.9 Å². The Labute approximate surface area is 117 Å². The first kappa shape index (κ1) is 13.3. The topological polar surface area (TPSA) is 87.3 Å². The Morgan fingerprint density at radius 3 is 2.53 bits per heavy atom. The number of amides is 1. The quantitative estimate of drug-likeness (QED) is 0.931. The number of rotatable bonds is 4. The first-order chi connectivity index (χ1) is 9.10. The van der Waals surface area contributed by atoms with Crippen LogP contribution in [0.2, 0.25) is 0 Å². The van der Waals surface area contributed by atoms with Crippen molar-refractivity contribution in [1.82, 2.24) is 9.97 Å². The molecule has 0 aliphatic rings. The third kappa shape index (κ3) is 3.19. The van der Waals surface area contributed by atoms with Crippen molar-refractivity contribution in [1.29, 1.82) is 0 Å². The standard InChI is InChI=1S/C12H10BrN3O3/c1-18-10-4-7(11(14)17)2-3-9(10)19-12-15-5-8(13)6-16-12/h2-6H,1H3,(H2,14,17). The Balaban J connectivity index is 2.29. The fourth-order valence-corrected chi connectivity index (χ4v) is 1.56. The first-order valence-electron chi connectivity index (χ1n) is 5.23. The maximum atomic E-state index is 11.1. The van der Waals surface area contributed by atoms with Gasteiger partial charge in [0.2, 0.25) is 5.91 Å². The van der Waals surface area contributed by atoms with Gasteiger partial charge in [0.25, 0.3) is 0 Å². The monoisotopic (exact) mass is 323 g/mol. The summed E-state index contributed by atoms with van der Waals surface area (Å²) in [6.07, 6.45) is 3.12. The number of aromatic nitrogens is 2. The Hall–Kier alpha value is -2.15. The number of carbonyl (C=O) groups is 1. The Bertz CT molecular complexity index is 602. The van der Waals surface area contributed by atoms with Gasteiger partial charge in [-0.3, -0.25) is 4.79 Å². The molecule has 19 heavy (non-hydrogen) atoms. The molecule has 98 valence electrons. The number of hydrogen-bond donors (Lipinski definition) is 1. The second-order valence-electron chi connectivity index (χ2n) is 3.52. The van der Waals surface area contributed by atoms with E-state index in [1.165, 1.54) is 13.2 Å². The van der Waals surface area contributed by atoms with Gasteiger partial charge in [-0.1, -0.05) is 0 Å². The van der Waals surface area contributed by atoms with Gasteiger partial charge in [0.05, 0.1) is 11.6 Å². The summed E-state index contributed by atoms with van der Waals surface area (Å²) >= 11 is 3.23. The minimum atomic E-state index is -0.537. The highest BCUT2D eigenvalue weighted by atomic mass is 79.9. The average Bonchev–Trinajstić information content (AvgIpc) is 2.41. The van der Waals surface area contributed by atoms with Gasteiger partial charge in [0.1, 0.15) is 0 Å². The average molecular weight is 324 g/mol. The lowest BCUT2D eigenvalue weighted by atomic mass is 10.2. The highest BCUT2D eigenvalue weighted by Crippen LogP contribution is 2.30. The van der Waals surface area contributed by atoms with Gasteiger partial charge in [-0.2, -0.15) is 0 Å². The predicted molar refractivity (Wildman–Crippen MR) is 71.3 cm³/mol. The number of halogens is 1. The molecule has 0 atom stereocenters. The van der Waals surface area contributed by atoms with Gasteiger partial charge in [0, 0.05) is 18.0 Å². The summed E-state index contributed by atoms with van der Waals surface area (Å²) in [6.45, 7) is 0. The molecule has 0 spiro atoms. The molecule has 2 rings (SSSR count). The second-order valence-corrected chi connectivity index (χ2v) is 4.43. The van der Waals surface area contributed by atoms with Crippen LogP contribution in [0.4, 0.5) is 0 Å². The molecule has 2 N–H and O–H groups in total. The molecular formula is C12H10BrN3O3. The zero-order valence-electron chi connectivity index (χ0n) is 9.96. The second kappa shape index (κ2) is 5.66. The number of ether oxygens (including phenoxy) is 2. The molecule has 1 aromatic carbocycles. The maximum Gasteiger partial charge on any atom is 0.322 e. The highest BCUT2D eigenvalue weighted by Gasteiger charge is 2.10. The largest absolute Gasteiger partial charge is 0.493 e. The number of hydrogen-bond acceptors (Lipinski definition) is 5. The molecule has 0 bridgehead atoms. The molecule has 0 unspecified atom stereocenters. The van der Waals surface area contributed by atoms with Crippen molar-refractivity contribution in [3.63, 3.8) is 0 Å². The van der Waals surface area contributed by atoms with Crippen molar-refractivity contribution in [2.75, 3.05) is 7.11 Å². The van der Waals surface area contributed by atoms with Crippen molar-refractivity contribution in [2.45, 2.75) is 0 Å². The van der Waals surface area contributed by atoms with E-state index in [9.17, 15) is 4.79 Å². The summed E-state index contributed by atoms with van der Waals surface area (Å²) in [6, 6.07) is 4.79. The number of methoxy groups -OCH3 is 1. The molecule has 0 aliphatic heterocycles. The Morgan fingerprint density at radius 1 is 1.26 bits per heavy atom. The van der Waals surface area contributed by atoms with Crippen LogP contribution in [0.3, 0.4) is 0 Å². The van der Waals surface area contributed by atoms with Gasteiger partial charge in [-0.05, 0) is 34.1 Å². The molecule has 6 nitrogen and oxygen atoms in total. The van der Waals surface area contributed by atoms with Crippen molar-refractivity contribution in [3.8, 4) is 17.5 Å². The normalized spacial score (nSPS) is 10.0. The third-order valence-corrected chi connectivity index (χ3v) is 2.66. The lowest BCUT2D eigenvalue weighted by Gasteiger charge is -2.09. The lowest BCUT2D eigenvalue weighted by molar-refractivity contribution is 0.1000. The van der Waals surface area contributed by atoms with Crippen LogP contribution in [-0.2, 0) is 0 Å². The van der Waals surface area contributed by atoms with Crippen LogP contribution in [0.25, 0.3) is 0 Å². The summed E-state index contributed by atoms with van der Waals surface area (Å²) in [5.41, 5.74) is 5.53. The number of carbonyl (C=O) groups excluding carboxylic acids is 1. The smallest absolute Gasteiger partial charge is 0.322 e. The summed E-state index contributed by atoms with van der Waals surface area (Å²) < 4.78 is 11.4. The Kier molecular flexibility index (Phi) is 3.96. The summed E-state index contributed by atoms with van der Waals surface area (Å²) in [7, 11) is 1.47. The minimum Gasteiger partial charge on any atom is -0.493 e. The number of benzene rings is 1. The molecule has 0 fully saturated rings. The molecule has 1 amide bonds. The van der Waals surface area contributed by atoms with E-state index in [0.717, 1.165) is 4.47 Å². The minimum absolute atomic E-state index is 0.174. The van der Waals surface area contributed by atoms with Crippen LogP contribution in [-0.4, -0.2) is 23.0 Å². The molecule has 0 saturated carbocycles. The molecule has 7 heteroatoms. The van der Waals surface area contributed by atoms with Crippen LogP contribution in [0.5, 0.6) is 17.5 Å². The zero-order valence-corrected chi connectivity index (χ0v) is 11.5. The van der Waals surface area contributed by atoms with Gasteiger partial charge < -0.3 is 15.2 Å². The van der Waals surface area contributed by atoms with E-state index in [-0.39, 0.29) is 6.01 Å². The SMILES string of the molecule is COc1cc(C(N)=O)ccc1Oc1ncc(Br)cn1. The van der Waals surface area contributed by atoms with Gasteiger partial charge in [-0.15, -0.1) is 0 Å². The van der Waals surface area contributed by atoms with Crippen LogP contribution in [0.1, 0.15) is 10.4 Å². The molecule has 1 aromatic heterocycles. The number of nitrogens with zero attached hydrogens (tertiary/aromatic N) is 2. The van der Waals surface area contributed by atoms with Crippen molar-refractivity contribution in [2.24, 2.45) is 5.73 Å². The molecule has 1 heterocycles. The first-order valence-corrected chi connectivity index (χ1v) is 6.02. The number of primary amides is 1. The zero-order chi connectivity index (χ0) is 13.8. The molecule has 0 saturated heterocycles. The molecule has 0 radical (unpaired) electrons. The van der Waals surface area contributed by atoms with Crippen molar-refractivity contribution < 1.29 is 14.3 Å². The van der Waals surface area contributed by atoms with E-state index in [0.29, 0.717) is 17.1 Å². The summed E-state index contributed by atoms with van der Waals surface area (Å²) in [5.74, 6) is 0.238. The highest BCUT2D eigenvalue weighted by molar-refractivity contribution is 9.10. The third-order valence-electron chi connectivity index (χ3n) is 2.25. The fourth-order valence-electron chi connectivity index (χ4n) is 1.36. The van der Waals surface area contributed by atoms with Crippen LogP contribution < -0.4 is 15.2 Å². The van der Waals surface area contributed by atoms with Crippen LogP contribution in [0.15, 0.2) is 35.1 Å². The van der Waals surface area contributed by atoms with Crippen LogP contribution in [0, 0.1) is 0 Å². The van der Waals surface area contributed by atoms with Crippen molar-refractivity contribution in [3.05, 3.63) is 40.6 Å².